The molecule has 0 saturated heterocycles. The Labute approximate surface area is 389 Å². The summed E-state index contributed by atoms with van der Waals surface area (Å²) >= 11 is 0. The first-order valence-electron chi connectivity index (χ1n) is 28.5. The largest absolute Gasteiger partial charge is 0.481 e. The molecule has 5 heteroatoms. The predicted molar refractivity (Wildman–Crippen MR) is 273 cm³/mol. The van der Waals surface area contributed by atoms with Crippen molar-refractivity contribution in [3.8, 4) is 0 Å². The Balaban J connectivity index is 6.48. The molecular formula is C57H113NO4. The minimum atomic E-state index is -1.12. The first-order chi connectivity index (χ1) is 30.3. The van der Waals surface area contributed by atoms with Gasteiger partial charge in [0.05, 0.1) is 0 Å². The number of aliphatic carboxylic acids is 2. The SMILES string of the molecule is CCCCCCCCCCCCN(CC(CCCCCCCC)CCCCCCCCCC)[C@](CCC(=O)O)(CC(CCCCCCCC)CCCCCCCCCC)C(=O)O. The van der Waals surface area contributed by atoms with E-state index in [2.05, 4.69) is 39.5 Å². The molecule has 2 unspecified atom stereocenters. The number of rotatable bonds is 52. The summed E-state index contributed by atoms with van der Waals surface area (Å²) in [6.07, 6.45) is 53.9. The Hall–Kier alpha value is -1.10. The first-order valence-corrected chi connectivity index (χ1v) is 28.5. The van der Waals surface area contributed by atoms with Gasteiger partial charge in [-0.3, -0.25) is 14.5 Å². The molecule has 0 fully saturated rings. The number of carbonyl (C=O) groups is 2. The van der Waals surface area contributed by atoms with Crippen LogP contribution in [0, 0.1) is 11.8 Å². The van der Waals surface area contributed by atoms with Crippen LogP contribution in [-0.4, -0.2) is 45.7 Å². The summed E-state index contributed by atoms with van der Waals surface area (Å²) in [6, 6.07) is 0. The minimum absolute atomic E-state index is 0.0670. The molecule has 5 nitrogen and oxygen atoms in total. The van der Waals surface area contributed by atoms with Crippen molar-refractivity contribution in [3.63, 3.8) is 0 Å². The van der Waals surface area contributed by atoms with Gasteiger partial charge >= 0.3 is 11.9 Å². The molecule has 3 atom stereocenters. The Morgan fingerprint density at radius 1 is 0.387 bits per heavy atom. The molecule has 0 aromatic heterocycles. The lowest BCUT2D eigenvalue weighted by Crippen LogP contribution is -2.57. The smallest absolute Gasteiger partial charge is 0.324 e. The third kappa shape index (κ3) is 36.2. The zero-order valence-corrected chi connectivity index (χ0v) is 43.0. The Bertz CT molecular complexity index is 940. The maximum atomic E-state index is 14.2. The van der Waals surface area contributed by atoms with Crippen LogP contribution >= 0.6 is 0 Å². The lowest BCUT2D eigenvalue weighted by atomic mass is 9.77. The number of hydrogen-bond donors (Lipinski definition) is 2. The van der Waals surface area contributed by atoms with Crippen molar-refractivity contribution < 1.29 is 19.8 Å². The van der Waals surface area contributed by atoms with E-state index in [4.69, 9.17) is 0 Å². The van der Waals surface area contributed by atoms with Gasteiger partial charge in [-0.2, -0.15) is 0 Å². The van der Waals surface area contributed by atoms with E-state index in [1.807, 2.05) is 0 Å². The molecule has 0 aromatic carbocycles. The second-order valence-corrected chi connectivity index (χ2v) is 20.4. The summed E-state index contributed by atoms with van der Waals surface area (Å²) in [5.74, 6) is -0.809. The molecule has 0 heterocycles. The van der Waals surface area contributed by atoms with Crippen LogP contribution in [-0.2, 0) is 9.59 Å². The maximum absolute atomic E-state index is 14.2. The highest BCUT2D eigenvalue weighted by atomic mass is 16.4. The summed E-state index contributed by atoms with van der Waals surface area (Å²) in [5.41, 5.74) is -1.12. The molecule has 2 N–H and O–H groups in total. The number of unbranched alkanes of at least 4 members (excludes halogenated alkanes) is 33. The predicted octanol–water partition coefficient (Wildman–Crippen LogP) is 19.1. The van der Waals surface area contributed by atoms with E-state index >= 15 is 0 Å². The third-order valence-electron chi connectivity index (χ3n) is 14.5. The maximum Gasteiger partial charge on any atom is 0.324 e. The fraction of sp³-hybridized carbons (Fsp3) is 0.965. The second-order valence-electron chi connectivity index (χ2n) is 20.4. The van der Waals surface area contributed by atoms with Gasteiger partial charge in [0.15, 0.2) is 0 Å². The van der Waals surface area contributed by atoms with Crippen LogP contribution in [0.1, 0.15) is 324 Å². The van der Waals surface area contributed by atoms with Crippen molar-refractivity contribution in [3.05, 3.63) is 0 Å². The molecule has 0 saturated carbocycles. The van der Waals surface area contributed by atoms with E-state index in [0.717, 1.165) is 45.2 Å². The van der Waals surface area contributed by atoms with Gasteiger partial charge in [0.2, 0.25) is 0 Å². The molecule has 0 radical (unpaired) electrons. The van der Waals surface area contributed by atoms with Gasteiger partial charge < -0.3 is 10.2 Å². The monoisotopic (exact) mass is 876 g/mol. The third-order valence-corrected chi connectivity index (χ3v) is 14.5. The Kier molecular flexibility index (Phi) is 45.6. The van der Waals surface area contributed by atoms with Crippen LogP contribution in [0.25, 0.3) is 0 Å². The van der Waals surface area contributed by atoms with E-state index < -0.39 is 17.5 Å². The zero-order chi connectivity index (χ0) is 45.6. The number of hydrogen-bond acceptors (Lipinski definition) is 3. The molecule has 0 spiro atoms. The van der Waals surface area contributed by atoms with Gasteiger partial charge in [-0.05, 0) is 50.5 Å². The highest BCUT2D eigenvalue weighted by Crippen LogP contribution is 2.37. The minimum Gasteiger partial charge on any atom is -0.481 e. The van der Waals surface area contributed by atoms with Gasteiger partial charge in [0.25, 0.3) is 0 Å². The topological polar surface area (TPSA) is 77.8 Å². The summed E-state index contributed by atoms with van der Waals surface area (Å²) in [5, 5.41) is 21.8. The van der Waals surface area contributed by atoms with Crippen LogP contribution in [0.3, 0.4) is 0 Å². The normalized spacial score (nSPS) is 13.8. The van der Waals surface area contributed by atoms with E-state index in [1.54, 1.807) is 0 Å². The highest BCUT2D eigenvalue weighted by molar-refractivity contribution is 5.80. The molecule has 0 amide bonds. The van der Waals surface area contributed by atoms with Crippen LogP contribution in [0.2, 0.25) is 0 Å². The highest BCUT2D eigenvalue weighted by Gasteiger charge is 2.46. The molecule has 370 valence electrons. The Morgan fingerprint density at radius 3 is 0.952 bits per heavy atom. The van der Waals surface area contributed by atoms with E-state index in [0.29, 0.717) is 18.3 Å². The van der Waals surface area contributed by atoms with Gasteiger partial charge in [-0.15, -0.1) is 0 Å². The lowest BCUT2D eigenvalue weighted by molar-refractivity contribution is -0.156. The van der Waals surface area contributed by atoms with Crippen molar-refractivity contribution in [2.45, 2.75) is 329 Å². The fourth-order valence-electron chi connectivity index (χ4n) is 10.3. The molecule has 0 bridgehead atoms. The average molecular weight is 877 g/mol. The van der Waals surface area contributed by atoms with Crippen molar-refractivity contribution in [1.82, 2.24) is 4.90 Å². The zero-order valence-electron chi connectivity index (χ0n) is 43.0. The van der Waals surface area contributed by atoms with Crippen molar-refractivity contribution >= 4 is 11.9 Å². The Morgan fingerprint density at radius 2 is 0.661 bits per heavy atom. The van der Waals surface area contributed by atoms with Gasteiger partial charge in [0, 0.05) is 13.0 Å². The van der Waals surface area contributed by atoms with Gasteiger partial charge in [-0.25, -0.2) is 0 Å². The summed E-state index contributed by atoms with van der Waals surface area (Å²) in [6.45, 7) is 13.0. The summed E-state index contributed by atoms with van der Waals surface area (Å²) in [7, 11) is 0. The number of carboxylic acids is 2. The molecule has 0 aliphatic carbocycles. The molecule has 0 aliphatic heterocycles. The van der Waals surface area contributed by atoms with Crippen molar-refractivity contribution in [2.75, 3.05) is 13.1 Å². The van der Waals surface area contributed by atoms with Crippen LogP contribution in [0.5, 0.6) is 0 Å². The van der Waals surface area contributed by atoms with E-state index in [-0.39, 0.29) is 12.8 Å². The van der Waals surface area contributed by atoms with Crippen LogP contribution in [0.4, 0.5) is 0 Å². The van der Waals surface area contributed by atoms with E-state index in [9.17, 15) is 19.8 Å². The van der Waals surface area contributed by atoms with Crippen molar-refractivity contribution in [2.24, 2.45) is 11.8 Å². The molecule has 0 rings (SSSR count). The summed E-state index contributed by atoms with van der Waals surface area (Å²) < 4.78 is 0. The van der Waals surface area contributed by atoms with E-state index in [1.165, 1.54) is 238 Å². The number of carboxylic acid groups (broad SMARTS) is 2. The number of nitrogens with zero attached hydrogens (tertiary/aromatic N) is 1. The van der Waals surface area contributed by atoms with Crippen LogP contribution in [0.15, 0.2) is 0 Å². The first kappa shape index (κ1) is 60.9. The fourth-order valence-corrected chi connectivity index (χ4v) is 10.3. The van der Waals surface area contributed by atoms with Gasteiger partial charge in [0.1, 0.15) is 5.54 Å². The molecule has 62 heavy (non-hydrogen) atoms. The van der Waals surface area contributed by atoms with Crippen molar-refractivity contribution in [1.29, 1.82) is 0 Å². The average Bonchev–Trinajstić information content (AvgIpc) is 3.26. The second kappa shape index (κ2) is 46.4. The lowest BCUT2D eigenvalue weighted by Gasteiger charge is -2.44. The van der Waals surface area contributed by atoms with Gasteiger partial charge in [-0.1, -0.05) is 285 Å². The standard InChI is InChI=1S/C57H113NO4/c1-6-11-16-21-26-29-30-33-38-43-50-58(52-54(46-41-35-25-20-15-10-5)47-42-37-32-28-23-18-13-8-3)57(56(61)62,49-48-55(59)60)51-53(44-39-34-24-19-14-9-4)45-40-36-31-27-22-17-12-7-2/h53-54H,6-52H2,1-5H3,(H,59,60)(H,61,62)/t53?,54?,57-/m1/s1. The van der Waals surface area contributed by atoms with Crippen LogP contribution < -0.4 is 0 Å². The molecule has 0 aliphatic rings. The summed E-state index contributed by atoms with van der Waals surface area (Å²) in [4.78, 5) is 29.0. The quantitative estimate of drug-likeness (QED) is 0.0595. The molecule has 0 aromatic rings. The molecular weight excluding hydrogens is 763 g/mol.